The Labute approximate surface area is 152 Å². The normalized spacial score (nSPS) is 10.9. The van der Waals surface area contributed by atoms with E-state index in [9.17, 15) is 18.0 Å². The van der Waals surface area contributed by atoms with Gasteiger partial charge in [-0.3, -0.25) is 9.10 Å². The quantitative estimate of drug-likeness (QED) is 0.809. The van der Waals surface area contributed by atoms with E-state index in [1.807, 2.05) is 0 Å². The van der Waals surface area contributed by atoms with Crippen molar-refractivity contribution >= 4 is 33.3 Å². The number of rotatable bonds is 5. The van der Waals surface area contributed by atoms with Crippen LogP contribution in [0.25, 0.3) is 0 Å². The van der Waals surface area contributed by atoms with Crippen LogP contribution >= 0.6 is 0 Å². The Balaban J connectivity index is 2.22. The summed E-state index contributed by atoms with van der Waals surface area (Å²) < 4.78 is 28.9. The molecular weight excluding hydrogens is 356 g/mol. The van der Waals surface area contributed by atoms with Crippen molar-refractivity contribution in [3.8, 4) is 0 Å². The third-order valence-corrected chi connectivity index (χ3v) is 5.10. The molecule has 138 valence electrons. The molecule has 1 amide bonds. The number of hydrogen-bond donors (Lipinski definition) is 1. The minimum absolute atomic E-state index is 0.332. The fraction of sp³-hybridized carbons (Fsp3) is 0.222. The molecule has 0 aromatic heterocycles. The van der Waals surface area contributed by atoms with Gasteiger partial charge in [0.15, 0.2) is 0 Å². The fourth-order valence-electron chi connectivity index (χ4n) is 2.21. The predicted molar refractivity (Wildman–Crippen MR) is 100 cm³/mol. The number of nitrogens with zero attached hydrogens (tertiary/aromatic N) is 1. The molecule has 0 atom stereocenters. The summed E-state index contributed by atoms with van der Waals surface area (Å²) in [6.07, 6.45) is 1.10. The fourth-order valence-corrected chi connectivity index (χ4v) is 2.71. The molecule has 0 saturated carbocycles. The van der Waals surface area contributed by atoms with Crippen LogP contribution in [0.4, 0.5) is 11.4 Å². The SMILES string of the molecule is COC(=O)c1ccc(C)c(NC(=O)c2ccc(N(C)S(C)(=O)=O)cc2)c1. The lowest BCUT2D eigenvalue weighted by Gasteiger charge is -2.16. The van der Waals surface area contributed by atoms with Crippen LogP contribution < -0.4 is 9.62 Å². The van der Waals surface area contributed by atoms with Crippen LogP contribution in [-0.4, -0.2) is 40.7 Å². The van der Waals surface area contributed by atoms with E-state index in [2.05, 4.69) is 10.1 Å². The van der Waals surface area contributed by atoms with Gasteiger partial charge in [0.25, 0.3) is 5.91 Å². The van der Waals surface area contributed by atoms with Gasteiger partial charge in [-0.15, -0.1) is 0 Å². The van der Waals surface area contributed by atoms with E-state index in [1.165, 1.54) is 26.3 Å². The minimum atomic E-state index is -3.37. The highest BCUT2D eigenvalue weighted by atomic mass is 32.2. The van der Waals surface area contributed by atoms with Crippen LogP contribution in [0.3, 0.4) is 0 Å². The van der Waals surface area contributed by atoms with E-state index < -0.39 is 16.0 Å². The second-order valence-electron chi connectivity index (χ2n) is 5.75. The second kappa shape index (κ2) is 7.57. The summed E-state index contributed by atoms with van der Waals surface area (Å²) in [5, 5.41) is 2.75. The molecule has 26 heavy (non-hydrogen) atoms. The van der Waals surface area contributed by atoms with Crippen molar-refractivity contribution in [2.75, 3.05) is 30.0 Å². The molecule has 1 N–H and O–H groups in total. The number of ether oxygens (including phenoxy) is 1. The lowest BCUT2D eigenvalue weighted by molar-refractivity contribution is 0.0600. The first-order valence-electron chi connectivity index (χ1n) is 7.67. The molecule has 0 heterocycles. The Hall–Kier alpha value is -2.87. The molecule has 0 aliphatic rings. The van der Waals surface area contributed by atoms with E-state index >= 15 is 0 Å². The summed E-state index contributed by atoms with van der Waals surface area (Å²) in [5.74, 6) is -0.864. The Morgan fingerprint density at radius 3 is 2.15 bits per heavy atom. The molecule has 2 aromatic rings. The van der Waals surface area contributed by atoms with Gasteiger partial charge in [0, 0.05) is 18.3 Å². The third kappa shape index (κ3) is 4.40. The van der Waals surface area contributed by atoms with Gasteiger partial charge in [-0.2, -0.15) is 0 Å². The maximum atomic E-state index is 12.4. The first-order chi connectivity index (χ1) is 12.1. The van der Waals surface area contributed by atoms with Crippen molar-refractivity contribution in [3.63, 3.8) is 0 Å². The number of amides is 1. The second-order valence-corrected chi connectivity index (χ2v) is 7.77. The number of methoxy groups -OCH3 is 1. The van der Waals surface area contributed by atoms with Gasteiger partial charge < -0.3 is 10.1 Å². The van der Waals surface area contributed by atoms with Gasteiger partial charge in [-0.05, 0) is 48.9 Å². The number of hydrogen-bond acceptors (Lipinski definition) is 5. The van der Waals surface area contributed by atoms with Gasteiger partial charge in [0.2, 0.25) is 10.0 Å². The molecule has 7 nitrogen and oxygen atoms in total. The first-order valence-corrected chi connectivity index (χ1v) is 9.52. The average molecular weight is 376 g/mol. The highest BCUT2D eigenvalue weighted by molar-refractivity contribution is 7.92. The Bertz CT molecular complexity index is 937. The van der Waals surface area contributed by atoms with Crippen molar-refractivity contribution in [1.82, 2.24) is 0 Å². The largest absolute Gasteiger partial charge is 0.465 e. The summed E-state index contributed by atoms with van der Waals surface area (Å²) in [6.45, 7) is 1.81. The van der Waals surface area contributed by atoms with Crippen molar-refractivity contribution in [3.05, 3.63) is 59.2 Å². The third-order valence-electron chi connectivity index (χ3n) is 3.90. The van der Waals surface area contributed by atoms with Crippen molar-refractivity contribution < 1.29 is 22.7 Å². The summed E-state index contributed by atoms with van der Waals surface area (Å²) >= 11 is 0. The molecule has 0 bridgehead atoms. The number of carbonyl (C=O) groups is 2. The monoisotopic (exact) mass is 376 g/mol. The molecule has 0 fully saturated rings. The van der Waals surface area contributed by atoms with Gasteiger partial charge >= 0.3 is 5.97 Å². The lowest BCUT2D eigenvalue weighted by atomic mass is 10.1. The summed E-state index contributed by atoms with van der Waals surface area (Å²) in [6, 6.07) is 11.0. The Morgan fingerprint density at radius 2 is 1.62 bits per heavy atom. The van der Waals surface area contributed by atoms with Crippen LogP contribution in [0.15, 0.2) is 42.5 Å². The van der Waals surface area contributed by atoms with Crippen LogP contribution in [0.2, 0.25) is 0 Å². The zero-order chi connectivity index (χ0) is 19.5. The number of anilines is 2. The molecule has 0 aliphatic carbocycles. The highest BCUT2D eigenvalue weighted by Crippen LogP contribution is 2.20. The standard InChI is InChI=1S/C18H20N2O5S/c1-12-5-6-14(18(22)25-3)11-16(12)19-17(21)13-7-9-15(10-8-13)20(2)26(4,23)24/h5-11H,1-4H3,(H,19,21). The van der Waals surface area contributed by atoms with Crippen molar-refractivity contribution in [1.29, 1.82) is 0 Å². The maximum Gasteiger partial charge on any atom is 0.337 e. The predicted octanol–water partition coefficient (Wildman–Crippen LogP) is 2.43. The van der Waals surface area contributed by atoms with Crippen LogP contribution in [0.1, 0.15) is 26.3 Å². The van der Waals surface area contributed by atoms with E-state index in [0.717, 1.165) is 16.1 Å². The lowest BCUT2D eigenvalue weighted by Crippen LogP contribution is -2.24. The van der Waals surface area contributed by atoms with Crippen molar-refractivity contribution in [2.24, 2.45) is 0 Å². The van der Waals surface area contributed by atoms with E-state index in [4.69, 9.17) is 0 Å². The highest BCUT2D eigenvalue weighted by Gasteiger charge is 2.14. The molecule has 0 saturated heterocycles. The molecular formula is C18H20N2O5S. The van der Waals surface area contributed by atoms with Gasteiger partial charge in [0.05, 0.1) is 24.6 Å². The first kappa shape index (κ1) is 19.5. The average Bonchev–Trinajstić information content (AvgIpc) is 2.61. The van der Waals surface area contributed by atoms with E-state index in [-0.39, 0.29) is 5.91 Å². The Morgan fingerprint density at radius 1 is 1.04 bits per heavy atom. The van der Waals surface area contributed by atoms with Crippen LogP contribution in [0.5, 0.6) is 0 Å². The molecule has 2 rings (SSSR count). The van der Waals surface area contributed by atoms with Gasteiger partial charge in [-0.1, -0.05) is 6.07 Å². The number of benzene rings is 2. The molecule has 2 aromatic carbocycles. The zero-order valence-corrected chi connectivity index (χ0v) is 15.8. The minimum Gasteiger partial charge on any atom is -0.465 e. The van der Waals surface area contributed by atoms with Gasteiger partial charge in [-0.25, -0.2) is 13.2 Å². The van der Waals surface area contributed by atoms with E-state index in [0.29, 0.717) is 22.5 Å². The number of carbonyl (C=O) groups excluding carboxylic acids is 2. The molecule has 0 aliphatic heterocycles. The van der Waals surface area contributed by atoms with Gasteiger partial charge in [0.1, 0.15) is 0 Å². The molecule has 0 spiro atoms. The van der Waals surface area contributed by atoms with Crippen LogP contribution in [-0.2, 0) is 14.8 Å². The summed E-state index contributed by atoms with van der Waals surface area (Å²) in [4.78, 5) is 24.1. The summed E-state index contributed by atoms with van der Waals surface area (Å²) in [7, 11) is -0.646. The smallest absolute Gasteiger partial charge is 0.337 e. The molecule has 0 unspecified atom stereocenters. The number of nitrogens with one attached hydrogen (secondary N) is 1. The number of esters is 1. The van der Waals surface area contributed by atoms with E-state index in [1.54, 1.807) is 37.3 Å². The van der Waals surface area contributed by atoms with Crippen LogP contribution in [0, 0.1) is 6.92 Å². The number of aryl methyl sites for hydroxylation is 1. The zero-order valence-electron chi connectivity index (χ0n) is 14.9. The summed E-state index contributed by atoms with van der Waals surface area (Å²) in [5.41, 5.74) is 2.43. The van der Waals surface area contributed by atoms with Crippen molar-refractivity contribution in [2.45, 2.75) is 6.92 Å². The molecule has 0 radical (unpaired) electrons. The number of sulfonamides is 1. The topological polar surface area (TPSA) is 92.8 Å². The molecule has 8 heteroatoms. The maximum absolute atomic E-state index is 12.4. The Kier molecular flexibility index (Phi) is 5.66.